The largest absolute Gasteiger partial charge is 0.494 e. The average molecular weight is 272 g/mol. The van der Waals surface area contributed by atoms with Gasteiger partial charge in [-0.1, -0.05) is 12.1 Å². The zero-order chi connectivity index (χ0) is 15.1. The van der Waals surface area contributed by atoms with Gasteiger partial charge in [0.15, 0.2) is 0 Å². The first-order valence-corrected chi connectivity index (χ1v) is 6.83. The third-order valence-electron chi connectivity index (χ3n) is 4.21. The van der Waals surface area contributed by atoms with Gasteiger partial charge in [-0.05, 0) is 51.7 Å². The van der Waals surface area contributed by atoms with Crippen molar-refractivity contribution in [1.29, 1.82) is 5.26 Å². The predicted molar refractivity (Wildman–Crippen MR) is 79.5 cm³/mol. The third kappa shape index (κ3) is 2.47. The van der Waals surface area contributed by atoms with Gasteiger partial charge in [0.1, 0.15) is 0 Å². The van der Waals surface area contributed by atoms with Gasteiger partial charge in [0.25, 0.3) is 0 Å². The lowest BCUT2D eigenvalue weighted by Gasteiger charge is -2.32. The van der Waals surface area contributed by atoms with Crippen molar-refractivity contribution in [3.8, 4) is 6.07 Å². The van der Waals surface area contributed by atoms with Crippen molar-refractivity contribution in [2.45, 2.75) is 51.9 Å². The molecule has 1 saturated heterocycles. The van der Waals surface area contributed by atoms with Crippen LogP contribution in [0.2, 0.25) is 0 Å². The van der Waals surface area contributed by atoms with Gasteiger partial charge in [0, 0.05) is 6.04 Å². The van der Waals surface area contributed by atoms with Crippen LogP contribution in [0.3, 0.4) is 0 Å². The van der Waals surface area contributed by atoms with Gasteiger partial charge in [-0.25, -0.2) is 0 Å². The van der Waals surface area contributed by atoms with E-state index >= 15 is 0 Å². The van der Waals surface area contributed by atoms with Crippen LogP contribution in [0.1, 0.15) is 51.8 Å². The van der Waals surface area contributed by atoms with Crippen LogP contribution >= 0.6 is 0 Å². The molecule has 5 heteroatoms. The molecule has 1 aromatic rings. The van der Waals surface area contributed by atoms with Gasteiger partial charge in [-0.3, -0.25) is 0 Å². The first-order chi connectivity index (χ1) is 9.18. The van der Waals surface area contributed by atoms with Crippen molar-refractivity contribution in [3.63, 3.8) is 0 Å². The van der Waals surface area contributed by atoms with Crippen molar-refractivity contribution in [3.05, 3.63) is 29.3 Å². The molecule has 1 heterocycles. The molecule has 0 saturated carbocycles. The summed E-state index contributed by atoms with van der Waals surface area (Å²) in [5.74, 6) is 0. The van der Waals surface area contributed by atoms with Crippen LogP contribution in [-0.2, 0) is 9.31 Å². The summed E-state index contributed by atoms with van der Waals surface area (Å²) in [6, 6.07) is 7.52. The van der Waals surface area contributed by atoms with Gasteiger partial charge >= 0.3 is 7.12 Å². The molecule has 1 aromatic carbocycles. The molecule has 106 valence electrons. The number of nitrogens with zero attached hydrogens (tertiary/aromatic N) is 1. The van der Waals surface area contributed by atoms with Gasteiger partial charge < -0.3 is 15.0 Å². The van der Waals surface area contributed by atoms with Gasteiger partial charge in [0.05, 0.1) is 22.8 Å². The summed E-state index contributed by atoms with van der Waals surface area (Å²) in [7, 11) is -0.426. The first kappa shape index (κ1) is 15.1. The highest BCUT2D eigenvalue weighted by Gasteiger charge is 2.51. The second-order valence-electron chi connectivity index (χ2n) is 6.34. The molecule has 1 fully saturated rings. The smallest absolute Gasteiger partial charge is 0.399 e. The lowest BCUT2D eigenvalue weighted by atomic mass is 9.77. The minimum Gasteiger partial charge on any atom is -0.399 e. The molecule has 2 rings (SSSR count). The summed E-state index contributed by atoms with van der Waals surface area (Å²) in [5.41, 5.74) is 7.50. The van der Waals surface area contributed by atoms with Crippen molar-refractivity contribution < 1.29 is 9.31 Å². The summed E-state index contributed by atoms with van der Waals surface area (Å²) in [5, 5.41) is 9.12. The molecule has 0 aromatic heterocycles. The molecule has 0 amide bonds. The topological polar surface area (TPSA) is 68.3 Å². The van der Waals surface area contributed by atoms with E-state index in [0.29, 0.717) is 5.56 Å². The Bertz CT molecular complexity index is 545. The molecule has 4 nitrogen and oxygen atoms in total. The Balaban J connectivity index is 2.37. The Labute approximate surface area is 121 Å². The molecular weight excluding hydrogens is 251 g/mol. The Morgan fingerprint density at radius 2 is 1.75 bits per heavy atom. The second kappa shape index (κ2) is 4.89. The molecule has 0 bridgehead atoms. The third-order valence-corrected chi connectivity index (χ3v) is 4.21. The van der Waals surface area contributed by atoms with E-state index in [9.17, 15) is 0 Å². The Morgan fingerprint density at radius 3 is 2.20 bits per heavy atom. The van der Waals surface area contributed by atoms with Crippen LogP contribution in [0.5, 0.6) is 0 Å². The van der Waals surface area contributed by atoms with Crippen LogP contribution in [0.25, 0.3) is 0 Å². The lowest BCUT2D eigenvalue weighted by Crippen LogP contribution is -2.41. The lowest BCUT2D eigenvalue weighted by molar-refractivity contribution is 0.00578. The number of benzene rings is 1. The van der Waals surface area contributed by atoms with E-state index in [2.05, 4.69) is 6.07 Å². The highest BCUT2D eigenvalue weighted by Crippen LogP contribution is 2.36. The Morgan fingerprint density at radius 1 is 1.20 bits per heavy atom. The SMILES string of the molecule is CC(N)c1cc(B2OC(C)(C)C(C)(C)O2)ccc1C#N. The zero-order valence-corrected chi connectivity index (χ0v) is 12.7. The molecule has 1 unspecified atom stereocenters. The quantitative estimate of drug-likeness (QED) is 0.834. The van der Waals surface area contributed by atoms with Gasteiger partial charge in [0.2, 0.25) is 0 Å². The maximum Gasteiger partial charge on any atom is 0.494 e. The van der Waals surface area contributed by atoms with E-state index in [4.69, 9.17) is 20.3 Å². The predicted octanol–water partition coefficient (Wildman–Crippen LogP) is 1.88. The van der Waals surface area contributed by atoms with E-state index in [1.807, 2.05) is 46.8 Å². The van der Waals surface area contributed by atoms with Crippen molar-refractivity contribution in [2.24, 2.45) is 5.73 Å². The molecule has 0 aliphatic carbocycles. The van der Waals surface area contributed by atoms with Crippen LogP contribution < -0.4 is 11.2 Å². The molecule has 2 N–H and O–H groups in total. The molecule has 1 aliphatic heterocycles. The average Bonchev–Trinajstić information content (AvgIpc) is 2.57. The van der Waals surface area contributed by atoms with Gasteiger partial charge in [-0.2, -0.15) is 5.26 Å². The van der Waals surface area contributed by atoms with Crippen molar-refractivity contribution >= 4 is 12.6 Å². The minimum absolute atomic E-state index is 0.202. The number of nitrogens with two attached hydrogens (primary N) is 1. The highest BCUT2D eigenvalue weighted by atomic mass is 16.7. The summed E-state index contributed by atoms with van der Waals surface area (Å²) in [6.07, 6.45) is 0. The summed E-state index contributed by atoms with van der Waals surface area (Å²) in [4.78, 5) is 0. The standard InChI is InChI=1S/C15H21BN2O2/c1-10(18)13-8-12(7-6-11(13)9-17)16-19-14(2,3)15(4,5)20-16/h6-8,10H,18H2,1-5H3. The molecule has 20 heavy (non-hydrogen) atoms. The van der Waals surface area contributed by atoms with Crippen molar-refractivity contribution in [2.75, 3.05) is 0 Å². The number of rotatable bonds is 2. The Hall–Kier alpha value is -1.35. The van der Waals surface area contributed by atoms with Crippen molar-refractivity contribution in [1.82, 2.24) is 0 Å². The van der Waals surface area contributed by atoms with E-state index in [0.717, 1.165) is 11.0 Å². The molecule has 0 radical (unpaired) electrons. The Kier molecular flexibility index (Phi) is 3.68. The van der Waals surface area contributed by atoms with E-state index in [1.54, 1.807) is 6.07 Å². The van der Waals surface area contributed by atoms with Crippen LogP contribution in [0.4, 0.5) is 0 Å². The van der Waals surface area contributed by atoms with E-state index < -0.39 is 7.12 Å². The number of nitriles is 1. The fraction of sp³-hybridized carbons (Fsp3) is 0.533. The second-order valence-corrected chi connectivity index (χ2v) is 6.34. The van der Waals surface area contributed by atoms with E-state index in [-0.39, 0.29) is 17.2 Å². The fourth-order valence-corrected chi connectivity index (χ4v) is 2.19. The molecule has 1 aliphatic rings. The summed E-state index contributed by atoms with van der Waals surface area (Å²) < 4.78 is 12.0. The van der Waals surface area contributed by atoms with Crippen LogP contribution in [0, 0.1) is 11.3 Å². The fourth-order valence-electron chi connectivity index (χ4n) is 2.19. The number of hydrogen-bond acceptors (Lipinski definition) is 4. The normalized spacial score (nSPS) is 21.6. The number of hydrogen-bond donors (Lipinski definition) is 1. The van der Waals surface area contributed by atoms with E-state index in [1.165, 1.54) is 0 Å². The molecule has 0 spiro atoms. The zero-order valence-electron chi connectivity index (χ0n) is 12.7. The first-order valence-electron chi connectivity index (χ1n) is 6.83. The minimum atomic E-state index is -0.426. The summed E-state index contributed by atoms with van der Waals surface area (Å²) in [6.45, 7) is 9.93. The monoisotopic (exact) mass is 272 g/mol. The highest BCUT2D eigenvalue weighted by molar-refractivity contribution is 6.62. The van der Waals surface area contributed by atoms with Gasteiger partial charge in [-0.15, -0.1) is 0 Å². The molecular formula is C15H21BN2O2. The van der Waals surface area contributed by atoms with Crippen LogP contribution in [-0.4, -0.2) is 18.3 Å². The maximum atomic E-state index is 9.12. The summed E-state index contributed by atoms with van der Waals surface area (Å²) >= 11 is 0. The maximum absolute atomic E-state index is 9.12. The molecule has 1 atom stereocenters. The van der Waals surface area contributed by atoms with Crippen LogP contribution in [0.15, 0.2) is 18.2 Å².